The van der Waals surface area contributed by atoms with Crippen LogP contribution in [0.3, 0.4) is 0 Å². The first-order valence-electron chi connectivity index (χ1n) is 12.3. The van der Waals surface area contributed by atoms with Gasteiger partial charge in [-0.2, -0.15) is 5.10 Å². The van der Waals surface area contributed by atoms with Gasteiger partial charge >= 0.3 is 0 Å². The highest BCUT2D eigenvalue weighted by Crippen LogP contribution is 2.32. The van der Waals surface area contributed by atoms with Crippen LogP contribution in [0.5, 0.6) is 0 Å². The van der Waals surface area contributed by atoms with E-state index in [0.29, 0.717) is 34.2 Å². The molecule has 38 heavy (non-hydrogen) atoms. The van der Waals surface area contributed by atoms with Crippen molar-refractivity contribution in [2.24, 2.45) is 5.92 Å². The van der Waals surface area contributed by atoms with Gasteiger partial charge < -0.3 is 10.3 Å². The fourth-order valence-electron chi connectivity index (χ4n) is 4.55. The van der Waals surface area contributed by atoms with E-state index >= 15 is 0 Å². The van der Waals surface area contributed by atoms with Crippen molar-refractivity contribution in [1.29, 1.82) is 0 Å². The lowest BCUT2D eigenvalue weighted by molar-refractivity contribution is 0.628. The third-order valence-electron chi connectivity index (χ3n) is 6.18. The third-order valence-corrected chi connectivity index (χ3v) is 6.18. The molecule has 0 unspecified atom stereocenters. The average molecular weight is 505 g/mol. The minimum atomic E-state index is -0.326. The topological polar surface area (TPSA) is 108 Å². The SMILES string of the molecule is C=C(CC(C)C)Nc1cncc(-c2cc3c(-c4nc5c(-c6cccc(F)c6)nccc5[nH]4)n[nH]c3cn2)c1. The lowest BCUT2D eigenvalue weighted by Crippen LogP contribution is -2.02. The van der Waals surface area contributed by atoms with Crippen molar-refractivity contribution < 1.29 is 4.39 Å². The molecule has 5 heterocycles. The largest absolute Gasteiger partial charge is 0.358 e. The molecule has 0 spiro atoms. The van der Waals surface area contributed by atoms with E-state index in [1.165, 1.54) is 12.1 Å². The van der Waals surface area contributed by atoms with E-state index in [-0.39, 0.29) is 5.82 Å². The molecule has 0 saturated heterocycles. The van der Waals surface area contributed by atoms with Crippen LogP contribution in [0, 0.1) is 11.7 Å². The van der Waals surface area contributed by atoms with Gasteiger partial charge in [-0.1, -0.05) is 32.6 Å². The Morgan fingerprint density at radius 1 is 1.00 bits per heavy atom. The number of hydrogen-bond acceptors (Lipinski definition) is 6. The Labute approximate surface area is 218 Å². The van der Waals surface area contributed by atoms with E-state index in [1.807, 2.05) is 24.3 Å². The minimum absolute atomic E-state index is 0.326. The zero-order chi connectivity index (χ0) is 26.2. The normalized spacial score (nSPS) is 11.5. The van der Waals surface area contributed by atoms with Crippen LogP contribution >= 0.6 is 0 Å². The second-order valence-electron chi connectivity index (χ2n) is 9.63. The van der Waals surface area contributed by atoms with Gasteiger partial charge in [0.1, 0.15) is 17.0 Å². The van der Waals surface area contributed by atoms with Gasteiger partial charge in [0.15, 0.2) is 5.82 Å². The standard InChI is InChI=1S/C29H25FN8/c1-16(2)9-17(3)34-21-11-19(13-31-14-21)24-12-22-25(15-33-24)37-38-27(22)29-35-23-7-8-32-26(28(23)36-29)18-5-4-6-20(30)10-18/h4-8,10-16,34H,3,9H2,1-2H3,(H,35,36)(H,37,38). The quantitative estimate of drug-likeness (QED) is 0.222. The van der Waals surface area contributed by atoms with Crippen LogP contribution in [0.1, 0.15) is 20.3 Å². The molecule has 1 aromatic carbocycles. The number of imidazole rings is 1. The molecule has 6 aromatic rings. The maximum absolute atomic E-state index is 13.9. The highest BCUT2D eigenvalue weighted by Gasteiger charge is 2.17. The van der Waals surface area contributed by atoms with Crippen LogP contribution in [0.4, 0.5) is 10.1 Å². The highest BCUT2D eigenvalue weighted by molar-refractivity contribution is 5.96. The summed E-state index contributed by atoms with van der Waals surface area (Å²) < 4.78 is 13.9. The van der Waals surface area contributed by atoms with Crippen molar-refractivity contribution in [2.45, 2.75) is 20.3 Å². The minimum Gasteiger partial charge on any atom is -0.358 e. The van der Waals surface area contributed by atoms with Crippen LogP contribution in [-0.4, -0.2) is 35.1 Å². The van der Waals surface area contributed by atoms with Crippen LogP contribution in [0.25, 0.3) is 56.0 Å². The number of hydrogen-bond donors (Lipinski definition) is 3. The van der Waals surface area contributed by atoms with Crippen LogP contribution in [0.2, 0.25) is 0 Å². The summed E-state index contributed by atoms with van der Waals surface area (Å²) in [7, 11) is 0. The molecule has 0 aliphatic rings. The van der Waals surface area contributed by atoms with Crippen molar-refractivity contribution in [2.75, 3.05) is 5.32 Å². The summed E-state index contributed by atoms with van der Waals surface area (Å²) in [6, 6.07) is 12.1. The molecular weight excluding hydrogens is 479 g/mol. The Bertz CT molecular complexity index is 1800. The first kappa shape index (κ1) is 23.5. The van der Waals surface area contributed by atoms with Crippen molar-refractivity contribution in [3.8, 4) is 34.0 Å². The highest BCUT2D eigenvalue weighted by atomic mass is 19.1. The molecular formula is C29H25FN8. The molecule has 0 saturated carbocycles. The van der Waals surface area contributed by atoms with Crippen molar-refractivity contribution in [3.63, 3.8) is 0 Å². The monoisotopic (exact) mass is 504 g/mol. The lowest BCUT2D eigenvalue weighted by Gasteiger charge is -2.12. The Morgan fingerprint density at radius 3 is 2.74 bits per heavy atom. The van der Waals surface area contributed by atoms with Crippen molar-refractivity contribution in [1.82, 2.24) is 35.1 Å². The predicted octanol–water partition coefficient (Wildman–Crippen LogP) is 6.74. The number of halogens is 1. The molecule has 9 heteroatoms. The number of pyridine rings is 3. The van der Waals surface area contributed by atoms with E-state index in [4.69, 9.17) is 4.98 Å². The molecule has 188 valence electrons. The molecule has 0 atom stereocenters. The summed E-state index contributed by atoms with van der Waals surface area (Å²) in [6.45, 7) is 8.43. The van der Waals surface area contributed by atoms with Gasteiger partial charge in [-0.15, -0.1) is 0 Å². The summed E-state index contributed by atoms with van der Waals surface area (Å²) in [4.78, 5) is 21.6. The summed E-state index contributed by atoms with van der Waals surface area (Å²) in [6.07, 6.45) is 7.86. The molecule has 6 rings (SSSR count). The van der Waals surface area contributed by atoms with Crippen molar-refractivity contribution >= 4 is 27.6 Å². The number of benzene rings is 1. The number of rotatable bonds is 7. The van der Waals surface area contributed by atoms with E-state index < -0.39 is 0 Å². The summed E-state index contributed by atoms with van der Waals surface area (Å²) in [5, 5.41) is 11.8. The molecule has 0 bridgehead atoms. The second kappa shape index (κ2) is 9.51. The van der Waals surface area contributed by atoms with Gasteiger partial charge in [-0.3, -0.25) is 20.1 Å². The predicted molar refractivity (Wildman–Crippen MR) is 148 cm³/mol. The van der Waals surface area contributed by atoms with Gasteiger partial charge in [0.05, 0.1) is 40.5 Å². The molecule has 0 fully saturated rings. The van der Waals surface area contributed by atoms with Crippen LogP contribution in [-0.2, 0) is 0 Å². The lowest BCUT2D eigenvalue weighted by atomic mass is 10.1. The van der Waals surface area contributed by atoms with E-state index in [9.17, 15) is 4.39 Å². The number of anilines is 1. The van der Waals surface area contributed by atoms with E-state index in [2.05, 4.69) is 55.9 Å². The Balaban J connectivity index is 1.38. The zero-order valence-electron chi connectivity index (χ0n) is 21.0. The molecule has 5 aromatic heterocycles. The molecule has 0 radical (unpaired) electrons. The maximum Gasteiger partial charge on any atom is 0.159 e. The molecule has 0 aliphatic heterocycles. The number of allylic oxidation sites excluding steroid dienone is 1. The summed E-state index contributed by atoms with van der Waals surface area (Å²) in [5.41, 5.74) is 7.52. The van der Waals surface area contributed by atoms with Gasteiger partial charge in [-0.05, 0) is 42.7 Å². The van der Waals surface area contributed by atoms with Gasteiger partial charge in [0, 0.05) is 34.6 Å². The Kier molecular flexibility index (Phi) is 5.88. The van der Waals surface area contributed by atoms with E-state index in [0.717, 1.165) is 45.5 Å². The first-order valence-corrected chi connectivity index (χ1v) is 12.3. The number of aromatic nitrogens is 7. The van der Waals surface area contributed by atoms with Gasteiger partial charge in [0.25, 0.3) is 0 Å². The summed E-state index contributed by atoms with van der Waals surface area (Å²) in [5.74, 6) is 0.759. The van der Waals surface area contributed by atoms with Gasteiger partial charge in [-0.25, -0.2) is 9.37 Å². The Morgan fingerprint density at radius 2 is 1.89 bits per heavy atom. The fraction of sp³-hybridized carbons (Fsp3) is 0.138. The van der Waals surface area contributed by atoms with Crippen molar-refractivity contribution in [3.05, 3.63) is 85.3 Å². The zero-order valence-corrected chi connectivity index (χ0v) is 21.0. The first-order chi connectivity index (χ1) is 18.4. The Hall–Kier alpha value is -4.92. The molecule has 8 nitrogen and oxygen atoms in total. The summed E-state index contributed by atoms with van der Waals surface area (Å²) >= 11 is 0. The number of nitrogens with zero attached hydrogens (tertiary/aromatic N) is 5. The molecule has 0 amide bonds. The number of H-pyrrole nitrogens is 2. The molecule has 0 aliphatic carbocycles. The van der Waals surface area contributed by atoms with E-state index in [1.54, 1.807) is 30.9 Å². The third kappa shape index (κ3) is 4.50. The number of nitrogens with one attached hydrogen (secondary N) is 3. The number of fused-ring (bicyclic) bond motifs is 2. The second-order valence-corrected chi connectivity index (χ2v) is 9.63. The average Bonchev–Trinajstić information content (AvgIpc) is 3.52. The smallest absolute Gasteiger partial charge is 0.159 e. The maximum atomic E-state index is 13.9. The molecule has 3 N–H and O–H groups in total. The van der Waals surface area contributed by atoms with Crippen LogP contribution in [0.15, 0.2) is 79.5 Å². The number of aromatic amines is 2. The fourth-order valence-corrected chi connectivity index (χ4v) is 4.55. The van der Waals surface area contributed by atoms with Crippen LogP contribution < -0.4 is 5.32 Å². The van der Waals surface area contributed by atoms with Gasteiger partial charge in [0.2, 0.25) is 0 Å².